The number of para-hydroxylation sites is 2. The maximum atomic E-state index is 13.2. The lowest BCUT2D eigenvalue weighted by molar-refractivity contribution is -0.00937. The summed E-state index contributed by atoms with van der Waals surface area (Å²) in [7, 11) is -3.62. The summed E-state index contributed by atoms with van der Waals surface area (Å²) in [6.07, 6.45) is 1.15. The van der Waals surface area contributed by atoms with Crippen LogP contribution in [0.5, 0.6) is 5.75 Å². The molecule has 0 atom stereocenters. The lowest BCUT2D eigenvalue weighted by Gasteiger charge is -2.45. The second kappa shape index (κ2) is 8.56. The van der Waals surface area contributed by atoms with Crippen molar-refractivity contribution in [3.05, 3.63) is 77.6 Å². The van der Waals surface area contributed by atoms with Crippen molar-refractivity contribution < 1.29 is 17.9 Å². The van der Waals surface area contributed by atoms with Gasteiger partial charge in [0.1, 0.15) is 17.5 Å². The monoisotopic (exact) mass is 490 g/mol. The Morgan fingerprint density at radius 2 is 1.74 bits per heavy atom. The number of nitrogens with zero attached hydrogens (tertiary/aromatic N) is 3. The fourth-order valence-corrected chi connectivity index (χ4v) is 6.15. The smallest absolute Gasteiger partial charge is 0.253 e. The first-order valence-corrected chi connectivity index (χ1v) is 13.0. The Hall–Kier alpha value is -3.61. The maximum Gasteiger partial charge on any atom is 0.253 e. The van der Waals surface area contributed by atoms with Gasteiger partial charge in [-0.2, -0.15) is 5.26 Å². The lowest BCUT2D eigenvalue weighted by atomic mass is 9.86. The van der Waals surface area contributed by atoms with Crippen molar-refractivity contribution in [3.8, 4) is 17.5 Å². The first kappa shape index (κ1) is 23.1. The summed E-state index contributed by atoms with van der Waals surface area (Å²) in [4.78, 5) is 15.1. The first-order chi connectivity index (χ1) is 16.7. The third kappa shape index (κ3) is 3.99. The Kier molecular flexibility index (Phi) is 5.66. The molecule has 0 radical (unpaired) electrons. The molecule has 1 saturated heterocycles. The molecule has 1 spiro atoms. The molecule has 5 rings (SSSR count). The molecule has 3 aromatic rings. The number of carbonyl (C=O) groups is 1. The Morgan fingerprint density at radius 1 is 1.06 bits per heavy atom. The molecule has 0 aliphatic carbocycles. The van der Waals surface area contributed by atoms with Crippen LogP contribution >= 0.6 is 0 Å². The second-order valence-corrected chi connectivity index (χ2v) is 10.9. The quantitative estimate of drug-likeness (QED) is 0.602. The van der Waals surface area contributed by atoms with E-state index in [0.717, 1.165) is 17.1 Å². The number of benzene rings is 2. The van der Waals surface area contributed by atoms with Gasteiger partial charge >= 0.3 is 0 Å². The van der Waals surface area contributed by atoms with Crippen LogP contribution in [0.1, 0.15) is 48.4 Å². The highest BCUT2D eigenvalue weighted by molar-refractivity contribution is 7.89. The number of aromatic nitrogens is 1. The Morgan fingerprint density at radius 3 is 2.40 bits per heavy atom. The number of rotatable bonds is 4. The Balaban J connectivity index is 1.35. The third-order valence-corrected chi connectivity index (χ3v) is 8.21. The van der Waals surface area contributed by atoms with Gasteiger partial charge < -0.3 is 9.64 Å². The van der Waals surface area contributed by atoms with Crippen LogP contribution in [0.25, 0.3) is 5.69 Å². The summed E-state index contributed by atoms with van der Waals surface area (Å²) in [6.45, 7) is 4.46. The van der Waals surface area contributed by atoms with E-state index in [-0.39, 0.29) is 16.8 Å². The average Bonchev–Trinajstić information content (AvgIpc) is 3.29. The molecular formula is C26H26N4O4S. The van der Waals surface area contributed by atoms with Crippen LogP contribution in [0.2, 0.25) is 0 Å². The number of likely N-dealkylation sites (tertiary alicyclic amines) is 1. The summed E-state index contributed by atoms with van der Waals surface area (Å²) < 4.78 is 35.8. The molecule has 1 fully saturated rings. The number of carbonyl (C=O) groups excluding carboxylic acids is 1. The predicted molar refractivity (Wildman–Crippen MR) is 130 cm³/mol. The molecular weight excluding hydrogens is 464 g/mol. The van der Waals surface area contributed by atoms with Crippen LogP contribution in [-0.2, 0) is 15.6 Å². The molecule has 2 aliphatic heterocycles. The topological polar surface area (TPSA) is 104 Å². The molecule has 2 aromatic carbocycles. The molecule has 0 saturated carbocycles. The van der Waals surface area contributed by atoms with Crippen molar-refractivity contribution in [2.24, 2.45) is 0 Å². The van der Waals surface area contributed by atoms with Gasteiger partial charge in [0.05, 0.1) is 16.3 Å². The third-order valence-electron chi connectivity index (χ3n) is 6.53. The van der Waals surface area contributed by atoms with Crippen LogP contribution in [0.3, 0.4) is 0 Å². The molecule has 2 aliphatic rings. The van der Waals surface area contributed by atoms with Crippen LogP contribution in [0.15, 0.2) is 65.6 Å². The second-order valence-electron chi connectivity index (χ2n) is 9.21. The molecule has 1 aromatic heterocycles. The number of piperidine rings is 1. The van der Waals surface area contributed by atoms with Gasteiger partial charge in [0.2, 0.25) is 10.0 Å². The fraction of sp³-hybridized carbons (Fsp3) is 0.308. The summed E-state index contributed by atoms with van der Waals surface area (Å²) >= 11 is 0. The number of sulfonamides is 1. The van der Waals surface area contributed by atoms with E-state index in [1.54, 1.807) is 30.9 Å². The first-order valence-electron chi connectivity index (χ1n) is 11.6. The van der Waals surface area contributed by atoms with E-state index in [1.807, 2.05) is 41.0 Å². The van der Waals surface area contributed by atoms with E-state index in [1.165, 1.54) is 12.1 Å². The molecule has 180 valence electrons. The van der Waals surface area contributed by atoms with E-state index < -0.39 is 15.6 Å². The van der Waals surface area contributed by atoms with Gasteiger partial charge in [-0.3, -0.25) is 9.36 Å². The van der Waals surface area contributed by atoms with Crippen LogP contribution < -0.4 is 9.46 Å². The van der Waals surface area contributed by atoms with Crippen molar-refractivity contribution in [2.45, 2.75) is 43.2 Å². The number of fused-ring (bicyclic) bond motifs is 4. The van der Waals surface area contributed by atoms with Crippen molar-refractivity contribution in [3.63, 3.8) is 0 Å². The summed E-state index contributed by atoms with van der Waals surface area (Å²) in [5.74, 6) is 0.573. The highest BCUT2D eigenvalue weighted by atomic mass is 32.2. The zero-order valence-electron chi connectivity index (χ0n) is 19.6. The number of amides is 1. The van der Waals surface area contributed by atoms with E-state index in [9.17, 15) is 18.5 Å². The molecule has 0 unspecified atom stereocenters. The standard InChI is InChI=1S/C26H26N4O4S/c1-18(2)28-35(32,33)21-10-7-19(8-11-21)25(31)29-15-13-26(14-16-29)24-12-9-20(17-27)30(24)22-5-3-4-6-23(22)34-26/h3-12,18,28H,13-16H2,1-2H3. The SMILES string of the molecule is CC(C)NS(=O)(=O)c1ccc(C(=O)N2CCC3(CC2)Oc2ccccc2-n2c(C#N)ccc23)cc1. The summed E-state index contributed by atoms with van der Waals surface area (Å²) in [5, 5.41) is 9.64. The van der Waals surface area contributed by atoms with E-state index in [0.29, 0.717) is 37.2 Å². The summed E-state index contributed by atoms with van der Waals surface area (Å²) in [6, 6.07) is 19.5. The highest BCUT2D eigenvalue weighted by Crippen LogP contribution is 2.45. The maximum absolute atomic E-state index is 13.2. The van der Waals surface area contributed by atoms with Crippen molar-refractivity contribution in [1.29, 1.82) is 5.26 Å². The van der Waals surface area contributed by atoms with Crippen molar-refractivity contribution >= 4 is 15.9 Å². The molecule has 8 nitrogen and oxygen atoms in total. The zero-order valence-corrected chi connectivity index (χ0v) is 20.4. The number of ether oxygens (including phenoxy) is 1. The minimum Gasteiger partial charge on any atom is -0.479 e. The predicted octanol–water partition coefficient (Wildman–Crippen LogP) is 3.56. The molecule has 1 N–H and O–H groups in total. The number of nitriles is 1. The Labute approximate surface area is 204 Å². The minimum absolute atomic E-state index is 0.128. The van der Waals surface area contributed by atoms with Gasteiger partial charge in [0.15, 0.2) is 5.60 Å². The van der Waals surface area contributed by atoms with Gasteiger partial charge in [0.25, 0.3) is 5.91 Å². The van der Waals surface area contributed by atoms with Gasteiger partial charge in [-0.05, 0) is 62.4 Å². The van der Waals surface area contributed by atoms with Crippen LogP contribution in [-0.4, -0.2) is 42.9 Å². The number of nitrogens with one attached hydrogen (secondary N) is 1. The van der Waals surface area contributed by atoms with Crippen LogP contribution in [0, 0.1) is 11.3 Å². The zero-order chi connectivity index (χ0) is 24.8. The highest BCUT2D eigenvalue weighted by Gasteiger charge is 2.45. The average molecular weight is 491 g/mol. The molecule has 9 heteroatoms. The largest absolute Gasteiger partial charge is 0.479 e. The minimum atomic E-state index is -3.62. The number of hydrogen-bond acceptors (Lipinski definition) is 5. The molecule has 3 heterocycles. The van der Waals surface area contributed by atoms with Gasteiger partial charge in [-0.25, -0.2) is 13.1 Å². The number of hydrogen-bond donors (Lipinski definition) is 1. The van der Waals surface area contributed by atoms with Crippen molar-refractivity contribution in [1.82, 2.24) is 14.2 Å². The molecule has 0 bridgehead atoms. The Bertz CT molecular complexity index is 1430. The van der Waals surface area contributed by atoms with E-state index in [2.05, 4.69) is 10.8 Å². The fourth-order valence-electron chi connectivity index (χ4n) is 4.90. The lowest BCUT2D eigenvalue weighted by Crippen LogP contribution is -2.50. The van der Waals surface area contributed by atoms with Crippen LogP contribution in [0.4, 0.5) is 0 Å². The molecule has 1 amide bonds. The van der Waals surface area contributed by atoms with Gasteiger partial charge in [-0.1, -0.05) is 12.1 Å². The van der Waals surface area contributed by atoms with Gasteiger partial charge in [0, 0.05) is 37.5 Å². The summed E-state index contributed by atoms with van der Waals surface area (Å²) in [5.41, 5.74) is 2.13. The van der Waals surface area contributed by atoms with E-state index >= 15 is 0 Å². The normalized spacial score (nSPS) is 16.3. The van der Waals surface area contributed by atoms with Crippen molar-refractivity contribution in [2.75, 3.05) is 13.1 Å². The van der Waals surface area contributed by atoms with Gasteiger partial charge in [-0.15, -0.1) is 0 Å². The van der Waals surface area contributed by atoms with E-state index in [4.69, 9.17) is 4.74 Å². The molecule has 35 heavy (non-hydrogen) atoms.